The minimum Gasteiger partial charge on any atom is -0.356 e. The van der Waals surface area contributed by atoms with Gasteiger partial charge in [-0.15, -0.1) is 12.4 Å². The fourth-order valence-electron chi connectivity index (χ4n) is 4.05. The molecule has 1 saturated heterocycles. The fraction of sp³-hybridized carbons (Fsp3) is 0.348. The second-order valence-electron chi connectivity index (χ2n) is 8.01. The number of benzene rings is 1. The Balaban J connectivity index is 0.00000306. The second-order valence-corrected chi connectivity index (χ2v) is 8.01. The summed E-state index contributed by atoms with van der Waals surface area (Å²) in [6.45, 7) is 5.06. The molecule has 3 heterocycles. The Bertz CT molecular complexity index is 1130. The maximum atomic E-state index is 12.7. The zero-order valence-electron chi connectivity index (χ0n) is 18.2. The molecule has 10 heteroatoms. The molecule has 33 heavy (non-hydrogen) atoms. The van der Waals surface area contributed by atoms with Crippen LogP contribution in [0.2, 0.25) is 0 Å². The van der Waals surface area contributed by atoms with Crippen molar-refractivity contribution in [2.24, 2.45) is 0 Å². The minimum absolute atomic E-state index is 0. The number of urea groups is 1. The van der Waals surface area contributed by atoms with Crippen molar-refractivity contribution in [3.8, 4) is 0 Å². The Labute approximate surface area is 196 Å². The van der Waals surface area contributed by atoms with Crippen LogP contribution in [0.3, 0.4) is 0 Å². The SMILES string of the molecule is Cc1cc2c(NC(=O)NC3CCN(c4ccc(C(F)(F)F)cn4)CC3)cccc2c(C)n1.Cl. The van der Waals surface area contributed by atoms with Crippen LogP contribution in [0, 0.1) is 13.8 Å². The van der Waals surface area contributed by atoms with E-state index in [1.165, 1.54) is 6.07 Å². The van der Waals surface area contributed by atoms with Gasteiger partial charge in [-0.25, -0.2) is 9.78 Å². The van der Waals surface area contributed by atoms with E-state index in [0.29, 0.717) is 31.7 Å². The number of aryl methyl sites for hydroxylation is 2. The van der Waals surface area contributed by atoms with E-state index in [0.717, 1.165) is 40.1 Å². The highest BCUT2D eigenvalue weighted by Crippen LogP contribution is 2.30. The van der Waals surface area contributed by atoms with Gasteiger partial charge >= 0.3 is 12.2 Å². The van der Waals surface area contributed by atoms with Gasteiger partial charge in [-0.05, 0) is 51.0 Å². The lowest BCUT2D eigenvalue weighted by Crippen LogP contribution is -2.46. The van der Waals surface area contributed by atoms with Crippen molar-refractivity contribution < 1.29 is 18.0 Å². The number of piperidine rings is 1. The van der Waals surface area contributed by atoms with E-state index in [1.54, 1.807) is 0 Å². The van der Waals surface area contributed by atoms with E-state index in [4.69, 9.17) is 0 Å². The van der Waals surface area contributed by atoms with Crippen LogP contribution in [0.25, 0.3) is 10.8 Å². The maximum absolute atomic E-state index is 12.7. The highest BCUT2D eigenvalue weighted by atomic mass is 35.5. The van der Waals surface area contributed by atoms with Gasteiger partial charge in [0.05, 0.1) is 11.3 Å². The third kappa shape index (κ3) is 5.65. The summed E-state index contributed by atoms with van der Waals surface area (Å²) in [6, 6.07) is 9.80. The third-order valence-electron chi connectivity index (χ3n) is 5.67. The Kier molecular flexibility index (Phi) is 7.31. The van der Waals surface area contributed by atoms with Gasteiger partial charge in [0.25, 0.3) is 0 Å². The molecule has 4 rings (SSSR count). The summed E-state index contributed by atoms with van der Waals surface area (Å²) in [7, 11) is 0. The molecule has 0 atom stereocenters. The lowest BCUT2D eigenvalue weighted by Gasteiger charge is -2.33. The van der Waals surface area contributed by atoms with Crippen molar-refractivity contribution in [3.05, 3.63) is 59.5 Å². The Morgan fingerprint density at radius 1 is 1.09 bits per heavy atom. The van der Waals surface area contributed by atoms with Crippen molar-refractivity contribution >= 4 is 40.7 Å². The summed E-state index contributed by atoms with van der Waals surface area (Å²) in [5.74, 6) is 0.510. The first-order chi connectivity index (χ1) is 15.2. The number of anilines is 2. The first-order valence-corrected chi connectivity index (χ1v) is 10.4. The summed E-state index contributed by atoms with van der Waals surface area (Å²) < 4.78 is 38.1. The molecule has 2 N–H and O–H groups in total. The molecule has 2 amide bonds. The largest absolute Gasteiger partial charge is 0.417 e. The van der Waals surface area contributed by atoms with Crippen molar-refractivity contribution in [3.63, 3.8) is 0 Å². The molecule has 176 valence electrons. The van der Waals surface area contributed by atoms with Crippen LogP contribution < -0.4 is 15.5 Å². The quantitative estimate of drug-likeness (QED) is 0.522. The molecular weight excluding hydrogens is 455 g/mol. The molecule has 3 aromatic rings. The minimum atomic E-state index is -4.40. The van der Waals surface area contributed by atoms with Gasteiger partial charge < -0.3 is 15.5 Å². The van der Waals surface area contributed by atoms with Gasteiger partial charge in [0.1, 0.15) is 5.82 Å². The predicted molar refractivity (Wildman–Crippen MR) is 125 cm³/mol. The predicted octanol–water partition coefficient (Wildman–Crippen LogP) is 5.48. The molecule has 1 aliphatic heterocycles. The van der Waals surface area contributed by atoms with Crippen LogP contribution in [0.15, 0.2) is 42.6 Å². The van der Waals surface area contributed by atoms with Crippen LogP contribution in [-0.2, 0) is 6.18 Å². The standard InChI is InChI=1S/C23H24F3N5O.ClH/c1-14-12-19-18(15(2)28-14)4-3-5-20(19)30-22(32)29-17-8-10-31(11-9-17)21-7-6-16(13-27-21)23(24,25)26;/h3-7,12-13,17H,8-11H2,1-2H3,(H2,29,30,32);1H. The number of alkyl halides is 3. The Hall–Kier alpha value is -3.07. The third-order valence-corrected chi connectivity index (χ3v) is 5.67. The van der Waals surface area contributed by atoms with E-state index in [1.807, 2.05) is 43.0 Å². The molecule has 1 fully saturated rings. The number of aromatic nitrogens is 2. The number of amides is 2. The van der Waals surface area contributed by atoms with Gasteiger partial charge in [-0.3, -0.25) is 4.98 Å². The molecule has 6 nitrogen and oxygen atoms in total. The number of halogens is 4. The lowest BCUT2D eigenvalue weighted by molar-refractivity contribution is -0.137. The van der Waals surface area contributed by atoms with E-state index >= 15 is 0 Å². The molecular formula is C23H25ClF3N5O. The molecule has 0 saturated carbocycles. The molecule has 0 aliphatic carbocycles. The van der Waals surface area contributed by atoms with Gasteiger partial charge in [0.15, 0.2) is 0 Å². The topological polar surface area (TPSA) is 70.2 Å². The number of rotatable bonds is 3. The van der Waals surface area contributed by atoms with Gasteiger partial charge in [-0.1, -0.05) is 12.1 Å². The number of fused-ring (bicyclic) bond motifs is 1. The first kappa shape index (κ1) is 24.6. The monoisotopic (exact) mass is 479 g/mol. The number of carbonyl (C=O) groups excluding carboxylic acids is 1. The average molecular weight is 480 g/mol. The van der Waals surface area contributed by atoms with E-state index < -0.39 is 11.7 Å². The molecule has 2 aromatic heterocycles. The lowest BCUT2D eigenvalue weighted by atomic mass is 10.0. The average Bonchev–Trinajstić information content (AvgIpc) is 2.74. The van der Waals surface area contributed by atoms with Crippen LogP contribution in [0.4, 0.5) is 29.5 Å². The number of nitrogens with one attached hydrogen (secondary N) is 2. The molecule has 0 unspecified atom stereocenters. The molecule has 0 bridgehead atoms. The van der Waals surface area contributed by atoms with Crippen LogP contribution in [0.1, 0.15) is 29.8 Å². The second kappa shape index (κ2) is 9.82. The number of pyridine rings is 2. The first-order valence-electron chi connectivity index (χ1n) is 10.4. The van der Waals surface area contributed by atoms with Crippen molar-refractivity contribution in [1.82, 2.24) is 15.3 Å². The molecule has 0 spiro atoms. The van der Waals surface area contributed by atoms with Crippen LogP contribution in [0.5, 0.6) is 0 Å². The number of hydrogen-bond acceptors (Lipinski definition) is 4. The number of hydrogen-bond donors (Lipinski definition) is 2. The molecule has 0 radical (unpaired) electrons. The number of nitrogens with zero attached hydrogens (tertiary/aromatic N) is 3. The van der Waals surface area contributed by atoms with E-state index in [9.17, 15) is 18.0 Å². The van der Waals surface area contributed by atoms with Gasteiger partial charge in [0, 0.05) is 47.5 Å². The smallest absolute Gasteiger partial charge is 0.356 e. The Morgan fingerprint density at radius 2 is 1.82 bits per heavy atom. The summed E-state index contributed by atoms with van der Waals surface area (Å²) >= 11 is 0. The van der Waals surface area contributed by atoms with Crippen LogP contribution in [-0.4, -0.2) is 35.1 Å². The fourth-order valence-corrected chi connectivity index (χ4v) is 4.05. The highest BCUT2D eigenvalue weighted by molar-refractivity contribution is 6.02. The molecule has 1 aliphatic rings. The summed E-state index contributed by atoms with van der Waals surface area (Å²) in [4.78, 5) is 23.0. The summed E-state index contributed by atoms with van der Waals surface area (Å²) in [5.41, 5.74) is 1.76. The van der Waals surface area contributed by atoms with Crippen molar-refractivity contribution in [1.29, 1.82) is 0 Å². The van der Waals surface area contributed by atoms with Crippen molar-refractivity contribution in [2.45, 2.75) is 38.9 Å². The molecule has 1 aromatic carbocycles. The van der Waals surface area contributed by atoms with E-state index in [-0.39, 0.29) is 24.5 Å². The normalized spacial score (nSPS) is 14.6. The van der Waals surface area contributed by atoms with Crippen LogP contribution >= 0.6 is 12.4 Å². The number of carbonyl (C=O) groups is 1. The maximum Gasteiger partial charge on any atom is 0.417 e. The van der Waals surface area contributed by atoms with Gasteiger partial charge in [-0.2, -0.15) is 13.2 Å². The Morgan fingerprint density at radius 3 is 2.45 bits per heavy atom. The zero-order chi connectivity index (χ0) is 22.9. The highest BCUT2D eigenvalue weighted by Gasteiger charge is 2.31. The summed E-state index contributed by atoms with van der Waals surface area (Å²) in [5, 5.41) is 7.87. The summed E-state index contributed by atoms with van der Waals surface area (Å²) in [6.07, 6.45) is -2.19. The van der Waals surface area contributed by atoms with Crippen molar-refractivity contribution in [2.75, 3.05) is 23.3 Å². The zero-order valence-corrected chi connectivity index (χ0v) is 19.1. The van der Waals surface area contributed by atoms with Gasteiger partial charge in [0.2, 0.25) is 0 Å². The van der Waals surface area contributed by atoms with E-state index in [2.05, 4.69) is 20.6 Å².